The van der Waals surface area contributed by atoms with Gasteiger partial charge in [0.25, 0.3) is 0 Å². The van der Waals surface area contributed by atoms with E-state index in [-0.39, 0.29) is 0 Å². The molecule has 0 heterocycles. The first-order chi connectivity index (χ1) is 7.77. The van der Waals surface area contributed by atoms with Crippen LogP contribution in [0.4, 0.5) is 0 Å². The largest absolute Gasteiger partial charge is 0.0772 e. The summed E-state index contributed by atoms with van der Waals surface area (Å²) in [5.74, 6) is 0. The third-order valence-electron chi connectivity index (χ3n) is 4.45. The number of benzene rings is 1. The molecular weight excluding hydrogens is 204 g/mol. The average Bonchev–Trinajstić information content (AvgIpc) is 2.29. The molecule has 0 aromatic heterocycles. The van der Waals surface area contributed by atoms with Crippen LogP contribution in [0, 0.1) is 34.6 Å². The zero-order valence-electron chi connectivity index (χ0n) is 12.7. The molecule has 17 heavy (non-hydrogen) atoms. The highest BCUT2D eigenvalue weighted by Crippen LogP contribution is 2.28. The van der Waals surface area contributed by atoms with Crippen LogP contribution in [-0.2, 0) is 6.42 Å². The van der Waals surface area contributed by atoms with Gasteiger partial charge in [-0.25, -0.2) is 0 Å². The molecule has 1 aromatic carbocycles. The maximum absolute atomic E-state index is 2.27. The Bertz CT molecular complexity index is 440. The molecule has 94 valence electrons. The van der Waals surface area contributed by atoms with E-state index in [9.17, 15) is 0 Å². The lowest BCUT2D eigenvalue weighted by Crippen LogP contribution is -2.04. The van der Waals surface area contributed by atoms with E-state index in [1.54, 1.807) is 0 Å². The van der Waals surface area contributed by atoms with E-state index < -0.39 is 0 Å². The van der Waals surface area contributed by atoms with E-state index >= 15 is 0 Å². The monoisotopic (exact) mass is 230 g/mol. The fraction of sp³-hybridized carbons (Fsp3) is 0.529. The Kier molecular flexibility index (Phi) is 4.19. The predicted molar refractivity (Wildman–Crippen MR) is 77.9 cm³/mol. The maximum atomic E-state index is 2.27. The Morgan fingerprint density at radius 1 is 0.647 bits per heavy atom. The maximum Gasteiger partial charge on any atom is -0.00620 e. The molecule has 0 bridgehead atoms. The molecule has 0 heteroatoms. The molecule has 0 aliphatic heterocycles. The van der Waals surface area contributed by atoms with E-state index in [2.05, 4.69) is 55.4 Å². The first-order valence-corrected chi connectivity index (χ1v) is 6.46. The SMILES string of the molecule is CC(C)=C(C)Cc1c(C)c(C)c(C)c(C)c1C. The number of hydrogen-bond acceptors (Lipinski definition) is 0. The van der Waals surface area contributed by atoms with Gasteiger partial charge < -0.3 is 0 Å². The molecule has 0 amide bonds. The molecule has 1 rings (SSSR count). The predicted octanol–water partition coefficient (Wildman–Crippen LogP) is 5.13. The molecule has 0 spiro atoms. The fourth-order valence-electron chi connectivity index (χ4n) is 2.28. The van der Waals surface area contributed by atoms with Crippen molar-refractivity contribution in [2.75, 3.05) is 0 Å². The van der Waals surface area contributed by atoms with Crippen LogP contribution in [0.2, 0.25) is 0 Å². The zero-order chi connectivity index (χ0) is 13.3. The van der Waals surface area contributed by atoms with Crippen molar-refractivity contribution in [3.63, 3.8) is 0 Å². The lowest BCUT2D eigenvalue weighted by Gasteiger charge is -2.19. The average molecular weight is 230 g/mol. The highest BCUT2D eigenvalue weighted by atomic mass is 14.2. The molecule has 0 N–H and O–H groups in total. The Hall–Kier alpha value is -1.04. The fourth-order valence-corrected chi connectivity index (χ4v) is 2.28. The second kappa shape index (κ2) is 5.08. The van der Waals surface area contributed by atoms with Crippen molar-refractivity contribution in [1.82, 2.24) is 0 Å². The van der Waals surface area contributed by atoms with Crippen LogP contribution in [0.5, 0.6) is 0 Å². The van der Waals surface area contributed by atoms with Gasteiger partial charge in [-0.3, -0.25) is 0 Å². The topological polar surface area (TPSA) is 0 Å². The van der Waals surface area contributed by atoms with E-state index in [4.69, 9.17) is 0 Å². The third kappa shape index (κ3) is 2.62. The van der Waals surface area contributed by atoms with Gasteiger partial charge in [0.2, 0.25) is 0 Å². The summed E-state index contributed by atoms with van der Waals surface area (Å²) < 4.78 is 0. The van der Waals surface area contributed by atoms with Gasteiger partial charge in [-0.05, 0) is 95.2 Å². The van der Waals surface area contributed by atoms with Crippen LogP contribution < -0.4 is 0 Å². The van der Waals surface area contributed by atoms with Crippen molar-refractivity contribution in [1.29, 1.82) is 0 Å². The first-order valence-electron chi connectivity index (χ1n) is 6.46. The van der Waals surface area contributed by atoms with Crippen LogP contribution in [0.25, 0.3) is 0 Å². The lowest BCUT2D eigenvalue weighted by atomic mass is 9.86. The summed E-state index contributed by atoms with van der Waals surface area (Å²) in [5, 5.41) is 0. The van der Waals surface area contributed by atoms with E-state index in [0.717, 1.165) is 6.42 Å². The van der Waals surface area contributed by atoms with Gasteiger partial charge in [0, 0.05) is 0 Å². The van der Waals surface area contributed by atoms with Crippen molar-refractivity contribution in [2.45, 2.75) is 61.8 Å². The summed E-state index contributed by atoms with van der Waals surface area (Å²) in [7, 11) is 0. The molecule has 0 saturated carbocycles. The summed E-state index contributed by atoms with van der Waals surface area (Å²) in [6.45, 7) is 17.9. The summed E-state index contributed by atoms with van der Waals surface area (Å²) in [6, 6.07) is 0. The van der Waals surface area contributed by atoms with Crippen LogP contribution in [-0.4, -0.2) is 0 Å². The second-order valence-corrected chi connectivity index (χ2v) is 5.56. The minimum Gasteiger partial charge on any atom is -0.0772 e. The molecule has 0 aliphatic rings. The van der Waals surface area contributed by atoms with Crippen LogP contribution in [0.15, 0.2) is 11.1 Å². The molecule has 0 radical (unpaired) electrons. The quantitative estimate of drug-likeness (QED) is 0.618. The third-order valence-corrected chi connectivity index (χ3v) is 4.45. The number of hydrogen-bond donors (Lipinski definition) is 0. The van der Waals surface area contributed by atoms with E-state index in [0.29, 0.717) is 0 Å². The first kappa shape index (κ1) is 14.0. The van der Waals surface area contributed by atoms with Gasteiger partial charge in [-0.1, -0.05) is 11.1 Å². The molecule has 0 saturated heterocycles. The Morgan fingerprint density at radius 3 is 1.35 bits per heavy atom. The molecule has 1 aromatic rings. The standard InChI is InChI=1S/C17H26/c1-10(2)11(3)9-17-15(7)13(5)12(4)14(6)16(17)8/h9H2,1-8H3. The van der Waals surface area contributed by atoms with Gasteiger partial charge in [0.15, 0.2) is 0 Å². The van der Waals surface area contributed by atoms with Crippen molar-refractivity contribution < 1.29 is 0 Å². The Balaban J connectivity index is 3.40. The summed E-state index contributed by atoms with van der Waals surface area (Å²) in [5.41, 5.74) is 11.8. The molecule has 0 atom stereocenters. The minimum absolute atomic E-state index is 1.10. The highest BCUT2D eigenvalue weighted by Gasteiger charge is 2.12. The summed E-state index contributed by atoms with van der Waals surface area (Å²) in [6.07, 6.45) is 1.10. The molecule has 0 unspecified atom stereocenters. The van der Waals surface area contributed by atoms with Crippen LogP contribution in [0.3, 0.4) is 0 Å². The van der Waals surface area contributed by atoms with Gasteiger partial charge in [-0.15, -0.1) is 0 Å². The number of rotatable bonds is 2. The lowest BCUT2D eigenvalue weighted by molar-refractivity contribution is 1.02. The minimum atomic E-state index is 1.10. The van der Waals surface area contributed by atoms with Crippen molar-refractivity contribution in [3.05, 3.63) is 44.5 Å². The summed E-state index contributed by atoms with van der Waals surface area (Å²) >= 11 is 0. The highest BCUT2D eigenvalue weighted by molar-refractivity contribution is 5.50. The zero-order valence-corrected chi connectivity index (χ0v) is 12.7. The van der Waals surface area contributed by atoms with Gasteiger partial charge in [0.1, 0.15) is 0 Å². The van der Waals surface area contributed by atoms with Crippen molar-refractivity contribution in [3.8, 4) is 0 Å². The van der Waals surface area contributed by atoms with E-state index in [1.165, 1.54) is 44.5 Å². The normalized spacial score (nSPS) is 10.6. The smallest absolute Gasteiger partial charge is 0.00620 e. The van der Waals surface area contributed by atoms with Gasteiger partial charge in [0.05, 0.1) is 0 Å². The van der Waals surface area contributed by atoms with Gasteiger partial charge >= 0.3 is 0 Å². The second-order valence-electron chi connectivity index (χ2n) is 5.56. The molecule has 0 aliphatic carbocycles. The van der Waals surface area contributed by atoms with E-state index in [1.807, 2.05) is 0 Å². The Labute approximate surface area is 107 Å². The summed E-state index contributed by atoms with van der Waals surface area (Å²) in [4.78, 5) is 0. The Morgan fingerprint density at radius 2 is 1.00 bits per heavy atom. The van der Waals surface area contributed by atoms with Crippen LogP contribution >= 0.6 is 0 Å². The number of allylic oxidation sites excluding steroid dienone is 2. The van der Waals surface area contributed by atoms with Gasteiger partial charge in [-0.2, -0.15) is 0 Å². The molecule has 0 nitrogen and oxygen atoms in total. The van der Waals surface area contributed by atoms with Crippen LogP contribution in [0.1, 0.15) is 54.2 Å². The molecule has 0 fully saturated rings. The van der Waals surface area contributed by atoms with Crippen molar-refractivity contribution in [2.24, 2.45) is 0 Å². The molecular formula is C17H26. The van der Waals surface area contributed by atoms with Crippen molar-refractivity contribution >= 4 is 0 Å².